The first-order valence-electron chi connectivity index (χ1n) is 8.86. The van der Waals surface area contributed by atoms with Crippen molar-refractivity contribution in [2.45, 2.75) is 12.1 Å². The number of nitrogen functional groups attached to an aromatic ring is 1. The van der Waals surface area contributed by atoms with Crippen LogP contribution in [0.4, 0.5) is 14.5 Å². The lowest BCUT2D eigenvalue weighted by Crippen LogP contribution is -2.21. The third-order valence-corrected chi connectivity index (χ3v) is 5.36. The molecule has 4 rings (SSSR count). The van der Waals surface area contributed by atoms with Crippen LogP contribution in [0.5, 0.6) is 0 Å². The van der Waals surface area contributed by atoms with Gasteiger partial charge in [-0.3, -0.25) is 13.6 Å². The molecular formula is C21H16F2N4O2S. The van der Waals surface area contributed by atoms with Crippen LogP contribution in [0.15, 0.2) is 58.5 Å². The monoisotopic (exact) mass is 426 g/mol. The number of fused-ring (bicyclic) bond motifs is 1. The first-order chi connectivity index (χ1) is 14.3. The second-order valence-electron chi connectivity index (χ2n) is 6.70. The van der Waals surface area contributed by atoms with Crippen LogP contribution in [0.25, 0.3) is 28.0 Å². The van der Waals surface area contributed by atoms with Gasteiger partial charge in [-0.2, -0.15) is 0 Å². The number of pyridine rings is 1. The number of anilines is 1. The van der Waals surface area contributed by atoms with E-state index in [2.05, 4.69) is 9.97 Å². The first kappa shape index (κ1) is 19.8. The largest absolute Gasteiger partial charge is 0.399 e. The van der Waals surface area contributed by atoms with Crippen molar-refractivity contribution in [3.05, 3.63) is 76.1 Å². The molecule has 0 saturated carbocycles. The third-order valence-electron chi connectivity index (χ3n) is 4.66. The fourth-order valence-electron chi connectivity index (χ4n) is 3.24. The van der Waals surface area contributed by atoms with Crippen molar-refractivity contribution in [2.24, 2.45) is 0 Å². The molecule has 2 heterocycles. The summed E-state index contributed by atoms with van der Waals surface area (Å²) in [7, 11) is -1.62. The van der Waals surface area contributed by atoms with Crippen molar-refractivity contribution in [1.29, 1.82) is 0 Å². The Bertz CT molecular complexity index is 1380. The smallest absolute Gasteiger partial charge is 0.256 e. The van der Waals surface area contributed by atoms with E-state index in [0.29, 0.717) is 22.3 Å². The van der Waals surface area contributed by atoms with Crippen LogP contribution in [0.2, 0.25) is 0 Å². The summed E-state index contributed by atoms with van der Waals surface area (Å²) in [5.41, 5.74) is 6.94. The van der Waals surface area contributed by atoms with Gasteiger partial charge in [-0.1, -0.05) is 12.1 Å². The van der Waals surface area contributed by atoms with Crippen LogP contribution in [-0.2, 0) is 10.8 Å². The van der Waals surface area contributed by atoms with Crippen LogP contribution in [-0.4, -0.2) is 25.0 Å². The Morgan fingerprint density at radius 2 is 1.73 bits per heavy atom. The Hall–Kier alpha value is -3.46. The maximum absolute atomic E-state index is 14.5. The highest BCUT2D eigenvalue weighted by atomic mass is 32.2. The Morgan fingerprint density at radius 1 is 1.03 bits per heavy atom. The summed E-state index contributed by atoms with van der Waals surface area (Å²) < 4.78 is 42.1. The average molecular weight is 426 g/mol. The second-order valence-corrected chi connectivity index (χ2v) is 7.97. The van der Waals surface area contributed by atoms with Crippen LogP contribution in [0.1, 0.15) is 5.56 Å². The van der Waals surface area contributed by atoms with E-state index in [4.69, 9.17) is 5.73 Å². The molecule has 6 nitrogen and oxygen atoms in total. The van der Waals surface area contributed by atoms with Crippen LogP contribution < -0.4 is 11.3 Å². The number of halogens is 2. The third kappa shape index (κ3) is 3.26. The number of aryl methyl sites for hydroxylation is 1. The van der Waals surface area contributed by atoms with Gasteiger partial charge in [-0.25, -0.2) is 18.7 Å². The maximum Gasteiger partial charge on any atom is 0.256 e. The quantitative estimate of drug-likeness (QED) is 0.401. The summed E-state index contributed by atoms with van der Waals surface area (Å²) >= 11 is 0. The van der Waals surface area contributed by atoms with E-state index < -0.39 is 33.7 Å². The lowest BCUT2D eigenvalue weighted by Gasteiger charge is -2.15. The predicted molar refractivity (Wildman–Crippen MR) is 112 cm³/mol. The van der Waals surface area contributed by atoms with Crippen molar-refractivity contribution in [1.82, 2.24) is 14.5 Å². The van der Waals surface area contributed by atoms with Gasteiger partial charge in [-0.05, 0) is 42.8 Å². The van der Waals surface area contributed by atoms with E-state index in [-0.39, 0.29) is 10.8 Å². The summed E-state index contributed by atoms with van der Waals surface area (Å²) in [6.07, 6.45) is 1.38. The molecule has 0 aliphatic heterocycles. The van der Waals surface area contributed by atoms with Gasteiger partial charge in [0, 0.05) is 29.0 Å². The topological polar surface area (TPSA) is 90.9 Å². The second kappa shape index (κ2) is 7.42. The summed E-state index contributed by atoms with van der Waals surface area (Å²) in [4.78, 5) is 21.3. The molecule has 30 heavy (non-hydrogen) atoms. The number of hydrogen-bond donors (Lipinski definition) is 1. The van der Waals surface area contributed by atoms with Gasteiger partial charge in [-0.15, -0.1) is 0 Å². The number of hydrogen-bond acceptors (Lipinski definition) is 5. The van der Waals surface area contributed by atoms with Crippen molar-refractivity contribution < 1.29 is 13.0 Å². The summed E-state index contributed by atoms with van der Waals surface area (Å²) in [6, 6.07) is 11.2. The summed E-state index contributed by atoms with van der Waals surface area (Å²) in [6.45, 7) is 1.85. The molecule has 0 amide bonds. The minimum absolute atomic E-state index is 0.0523. The number of benzene rings is 2. The molecule has 2 aromatic carbocycles. The minimum atomic E-state index is -1.62. The molecule has 0 radical (unpaired) electrons. The molecule has 0 fully saturated rings. The molecule has 2 aromatic heterocycles. The SMILES string of the molecule is Cc1ccc(N)cc1-c1nc(S(C)=O)nc2c1ccc(=O)n2-c1c(F)cccc1F. The van der Waals surface area contributed by atoms with Gasteiger partial charge in [0.2, 0.25) is 5.16 Å². The molecule has 0 bridgehead atoms. The number of rotatable bonds is 3. The first-order valence-corrected chi connectivity index (χ1v) is 10.4. The van der Waals surface area contributed by atoms with Gasteiger partial charge >= 0.3 is 0 Å². The zero-order chi connectivity index (χ0) is 21.6. The van der Waals surface area contributed by atoms with Crippen molar-refractivity contribution in [3.8, 4) is 16.9 Å². The van der Waals surface area contributed by atoms with Crippen LogP contribution >= 0.6 is 0 Å². The standard InChI is InChI=1S/C21H16F2N4O2S/c1-11-6-7-12(24)10-14(11)18-13-8-9-17(28)27(19-15(22)4-3-5-16(19)23)20(13)26-21(25-18)30(2)29/h3-10H,24H2,1-2H3. The zero-order valence-corrected chi connectivity index (χ0v) is 16.8. The average Bonchev–Trinajstić information content (AvgIpc) is 2.70. The van der Waals surface area contributed by atoms with Gasteiger partial charge < -0.3 is 5.73 Å². The molecule has 0 aliphatic carbocycles. The predicted octanol–water partition coefficient (Wildman–Crippen LogP) is 3.35. The molecule has 0 spiro atoms. The Morgan fingerprint density at radius 3 is 2.40 bits per heavy atom. The van der Waals surface area contributed by atoms with Gasteiger partial charge in [0.15, 0.2) is 5.65 Å². The Balaban J connectivity index is 2.21. The molecule has 9 heteroatoms. The van der Waals surface area contributed by atoms with Crippen molar-refractivity contribution >= 4 is 27.5 Å². The molecule has 1 atom stereocenters. The van der Waals surface area contributed by atoms with Crippen LogP contribution in [0.3, 0.4) is 0 Å². The fraction of sp³-hybridized carbons (Fsp3) is 0.0952. The van der Waals surface area contributed by atoms with E-state index in [9.17, 15) is 17.8 Å². The van der Waals surface area contributed by atoms with E-state index in [0.717, 1.165) is 22.3 Å². The van der Waals surface area contributed by atoms with Crippen molar-refractivity contribution in [3.63, 3.8) is 0 Å². The maximum atomic E-state index is 14.5. The highest BCUT2D eigenvalue weighted by molar-refractivity contribution is 7.84. The van der Waals surface area contributed by atoms with E-state index >= 15 is 0 Å². The summed E-state index contributed by atoms with van der Waals surface area (Å²) in [5.74, 6) is -1.85. The lowest BCUT2D eigenvalue weighted by molar-refractivity contribution is 0.568. The van der Waals surface area contributed by atoms with Crippen LogP contribution in [0, 0.1) is 18.6 Å². The van der Waals surface area contributed by atoms with Gasteiger partial charge in [0.25, 0.3) is 5.56 Å². The highest BCUT2D eigenvalue weighted by Gasteiger charge is 2.21. The molecule has 152 valence electrons. The zero-order valence-electron chi connectivity index (χ0n) is 16.0. The van der Waals surface area contributed by atoms with Gasteiger partial charge in [0.05, 0.1) is 16.5 Å². The highest BCUT2D eigenvalue weighted by Crippen LogP contribution is 2.31. The Labute approximate surface area is 172 Å². The van der Waals surface area contributed by atoms with Crippen molar-refractivity contribution in [2.75, 3.05) is 12.0 Å². The van der Waals surface area contributed by atoms with E-state index in [1.807, 2.05) is 6.92 Å². The molecule has 0 aliphatic rings. The Kier molecular flexibility index (Phi) is 4.90. The molecule has 2 N–H and O–H groups in total. The molecule has 1 unspecified atom stereocenters. The van der Waals surface area contributed by atoms with E-state index in [1.54, 1.807) is 18.2 Å². The number of nitrogens with zero attached hydrogens (tertiary/aromatic N) is 3. The fourth-order valence-corrected chi connectivity index (χ4v) is 3.68. The van der Waals surface area contributed by atoms with E-state index in [1.165, 1.54) is 24.5 Å². The number of aromatic nitrogens is 3. The molecule has 0 saturated heterocycles. The minimum Gasteiger partial charge on any atom is -0.399 e. The summed E-state index contributed by atoms with van der Waals surface area (Å²) in [5, 5.41) is 0.288. The van der Waals surface area contributed by atoms with Gasteiger partial charge in [0.1, 0.15) is 17.3 Å². The normalized spacial score (nSPS) is 12.3. The number of nitrogens with two attached hydrogens (primary N) is 1. The lowest BCUT2D eigenvalue weighted by atomic mass is 10.0. The number of para-hydroxylation sites is 1. The molecule has 4 aromatic rings. The molecular weight excluding hydrogens is 410 g/mol.